The third-order valence-electron chi connectivity index (χ3n) is 6.95. The molecule has 0 aliphatic carbocycles. The van der Waals surface area contributed by atoms with Gasteiger partial charge in [-0.3, -0.25) is 28.9 Å². The van der Waals surface area contributed by atoms with Gasteiger partial charge in [0, 0.05) is 19.0 Å². The molecule has 0 saturated heterocycles. The number of pyridine rings is 1. The predicted octanol–water partition coefficient (Wildman–Crippen LogP) is -2.19. The molecule has 19 nitrogen and oxygen atoms in total. The highest BCUT2D eigenvalue weighted by Gasteiger charge is 2.43. The van der Waals surface area contributed by atoms with Crippen molar-refractivity contribution in [2.45, 2.75) is 70.6 Å². The Morgan fingerprint density at radius 2 is 1.81 bits per heavy atom. The lowest BCUT2D eigenvalue weighted by atomic mass is 9.97. The van der Waals surface area contributed by atoms with Crippen LogP contribution in [0.4, 0.5) is 5.82 Å². The van der Waals surface area contributed by atoms with Gasteiger partial charge in [0.05, 0.1) is 13.0 Å². The Hall–Kier alpha value is -5.36. The number of anilines is 1. The van der Waals surface area contributed by atoms with Gasteiger partial charge in [-0.15, -0.1) is 20.4 Å². The Kier molecular flexibility index (Phi) is 9.97. The maximum Gasteiger partial charge on any atom is 0.303 e. The third-order valence-corrected chi connectivity index (χ3v) is 6.95. The number of nitrogens with zero attached hydrogens (tertiary/aromatic N) is 8. The minimum absolute atomic E-state index is 0.0586. The second kappa shape index (κ2) is 14.0. The van der Waals surface area contributed by atoms with Gasteiger partial charge in [0.15, 0.2) is 11.6 Å². The van der Waals surface area contributed by atoms with Crippen LogP contribution in [0.15, 0.2) is 18.3 Å². The number of aromatic nitrogens is 9. The summed E-state index contributed by atoms with van der Waals surface area (Å²) < 4.78 is 0. The molecule has 0 fully saturated rings. The van der Waals surface area contributed by atoms with Crippen molar-refractivity contribution in [1.82, 2.24) is 62.2 Å². The van der Waals surface area contributed by atoms with E-state index in [0.29, 0.717) is 12.0 Å². The van der Waals surface area contributed by atoms with Crippen molar-refractivity contribution >= 4 is 35.4 Å². The fourth-order valence-corrected chi connectivity index (χ4v) is 4.55. The van der Waals surface area contributed by atoms with Crippen LogP contribution in [0.25, 0.3) is 0 Å². The summed E-state index contributed by atoms with van der Waals surface area (Å²) >= 11 is 0. The van der Waals surface area contributed by atoms with Crippen molar-refractivity contribution < 1.29 is 29.1 Å². The molecule has 3 aromatic heterocycles. The quantitative estimate of drug-likeness (QED) is 0.115. The number of amides is 4. The van der Waals surface area contributed by atoms with Gasteiger partial charge in [-0.25, -0.2) is 4.98 Å². The summed E-state index contributed by atoms with van der Waals surface area (Å²) in [6.45, 7) is 3.52. The van der Waals surface area contributed by atoms with Crippen LogP contribution in [0.1, 0.15) is 50.3 Å². The first-order valence-corrected chi connectivity index (χ1v) is 13.5. The number of carbonyl (C=O) groups excluding carboxylic acids is 4. The smallest absolute Gasteiger partial charge is 0.303 e. The number of rotatable bonds is 14. The summed E-state index contributed by atoms with van der Waals surface area (Å²) in [4.78, 5) is 70.4. The molecule has 1 aliphatic heterocycles. The molecule has 4 rings (SSSR count). The van der Waals surface area contributed by atoms with Crippen LogP contribution in [0, 0.1) is 5.92 Å². The SMILES string of the molecule is CC[C@H](C)[C@H](NC(=O)Cc1nn[nH]n1)C(=O)N[C@@H](CCC(=O)O)C(=O)N1c2ncccc2C[C@H]1C(=O)NCc1nn[nH]n1. The number of aromatic amines is 2. The molecule has 4 heterocycles. The van der Waals surface area contributed by atoms with E-state index in [0.717, 1.165) is 0 Å². The van der Waals surface area contributed by atoms with Gasteiger partial charge in [-0.2, -0.15) is 10.4 Å². The topological polar surface area (TPSA) is 267 Å². The number of hydrogen-bond acceptors (Lipinski definition) is 12. The van der Waals surface area contributed by atoms with Gasteiger partial charge in [0.1, 0.15) is 23.9 Å². The molecule has 0 spiro atoms. The van der Waals surface area contributed by atoms with E-state index in [1.165, 1.54) is 11.1 Å². The summed E-state index contributed by atoms with van der Waals surface area (Å²) in [7, 11) is 0. The molecule has 0 radical (unpaired) electrons. The molecule has 0 bridgehead atoms. The molecule has 0 unspecified atom stereocenters. The minimum atomic E-state index is -1.36. The van der Waals surface area contributed by atoms with Crippen LogP contribution in [0.3, 0.4) is 0 Å². The van der Waals surface area contributed by atoms with Gasteiger partial charge in [0.2, 0.25) is 17.7 Å². The number of hydrogen-bond donors (Lipinski definition) is 6. The number of nitrogens with one attached hydrogen (secondary N) is 5. The summed E-state index contributed by atoms with van der Waals surface area (Å²) in [5.41, 5.74) is 0.616. The molecule has 0 aromatic carbocycles. The molecule has 228 valence electrons. The fourth-order valence-electron chi connectivity index (χ4n) is 4.55. The van der Waals surface area contributed by atoms with E-state index in [1.54, 1.807) is 19.1 Å². The van der Waals surface area contributed by atoms with Crippen LogP contribution >= 0.6 is 0 Å². The molecule has 6 N–H and O–H groups in total. The first-order chi connectivity index (χ1) is 20.7. The van der Waals surface area contributed by atoms with Crippen molar-refractivity contribution in [3.05, 3.63) is 35.5 Å². The Labute approximate surface area is 244 Å². The summed E-state index contributed by atoms with van der Waals surface area (Å²) in [5.74, 6) is -3.49. The molecule has 4 amide bonds. The minimum Gasteiger partial charge on any atom is -0.481 e. The zero-order valence-electron chi connectivity index (χ0n) is 23.4. The van der Waals surface area contributed by atoms with Gasteiger partial charge in [-0.1, -0.05) is 36.8 Å². The van der Waals surface area contributed by atoms with Crippen LogP contribution in [0.5, 0.6) is 0 Å². The van der Waals surface area contributed by atoms with Gasteiger partial charge >= 0.3 is 5.97 Å². The molecule has 4 atom stereocenters. The summed E-state index contributed by atoms with van der Waals surface area (Å²) in [5, 5.41) is 43.7. The molecule has 43 heavy (non-hydrogen) atoms. The van der Waals surface area contributed by atoms with Gasteiger partial charge in [-0.05, 0) is 24.0 Å². The van der Waals surface area contributed by atoms with Gasteiger partial charge < -0.3 is 21.1 Å². The predicted molar refractivity (Wildman–Crippen MR) is 143 cm³/mol. The number of carbonyl (C=O) groups is 5. The van der Waals surface area contributed by atoms with Crippen molar-refractivity contribution in [2.24, 2.45) is 5.92 Å². The van der Waals surface area contributed by atoms with E-state index in [9.17, 15) is 29.1 Å². The van der Waals surface area contributed by atoms with Crippen LogP contribution in [-0.4, -0.2) is 99.1 Å². The molecule has 19 heteroatoms. The molecule has 0 saturated carbocycles. The van der Waals surface area contributed by atoms with Crippen LogP contribution in [-0.2, 0) is 43.4 Å². The second-order valence-electron chi connectivity index (χ2n) is 9.89. The summed E-state index contributed by atoms with van der Waals surface area (Å²) in [6.07, 6.45) is 1.12. The Balaban J connectivity index is 1.55. The number of H-pyrrole nitrogens is 2. The average molecular weight is 598 g/mol. The summed E-state index contributed by atoms with van der Waals surface area (Å²) in [6, 6.07) is -0.0856. The van der Waals surface area contributed by atoms with Gasteiger partial charge in [0.25, 0.3) is 5.91 Å². The number of carboxylic acids is 1. The largest absolute Gasteiger partial charge is 0.481 e. The maximum atomic E-state index is 14.0. The number of carboxylic acid groups (broad SMARTS) is 1. The van der Waals surface area contributed by atoms with Crippen LogP contribution < -0.4 is 20.9 Å². The molecular weight excluding hydrogens is 566 g/mol. The lowest BCUT2D eigenvalue weighted by Crippen LogP contribution is -2.58. The lowest BCUT2D eigenvalue weighted by molar-refractivity contribution is -0.138. The van der Waals surface area contributed by atoms with Crippen molar-refractivity contribution in [3.63, 3.8) is 0 Å². The first kappa shape index (κ1) is 30.6. The lowest BCUT2D eigenvalue weighted by Gasteiger charge is -2.30. The highest BCUT2D eigenvalue weighted by molar-refractivity contribution is 6.06. The van der Waals surface area contributed by atoms with E-state index < -0.39 is 54.1 Å². The zero-order chi connectivity index (χ0) is 30.9. The Bertz CT molecular complexity index is 1430. The number of tetrazole rings is 2. The highest BCUT2D eigenvalue weighted by Crippen LogP contribution is 2.31. The van der Waals surface area contributed by atoms with E-state index in [1.807, 2.05) is 6.92 Å². The first-order valence-electron chi connectivity index (χ1n) is 13.5. The standard InChI is InChI=1S/C24H31N13O6/c1-3-12(2)20(28-18(38)10-16-29-33-34-30-16)23(42)27-14(6-7-19(39)40)24(43)37-15(9-13-5-4-8-25-21(13)37)22(41)26-11-17-31-35-36-32-17/h4-5,8,12,14-15,20H,3,6-7,9-11H2,1-2H3,(H,26,41)(H,27,42)(H,28,38)(H,39,40)(H,29,30,33,34)(H,31,32,35,36)/t12-,14-,15-,20-/m0/s1. The maximum absolute atomic E-state index is 14.0. The highest BCUT2D eigenvalue weighted by atomic mass is 16.4. The van der Waals surface area contributed by atoms with Crippen LogP contribution in [0.2, 0.25) is 0 Å². The molecular formula is C24H31N13O6. The van der Waals surface area contributed by atoms with E-state index >= 15 is 0 Å². The van der Waals surface area contributed by atoms with Crippen molar-refractivity contribution in [3.8, 4) is 0 Å². The van der Waals surface area contributed by atoms with E-state index in [4.69, 9.17) is 0 Å². The molecule has 3 aromatic rings. The molecule has 1 aliphatic rings. The number of fused-ring (bicyclic) bond motifs is 1. The van der Waals surface area contributed by atoms with Crippen molar-refractivity contribution in [1.29, 1.82) is 0 Å². The van der Waals surface area contributed by atoms with E-state index in [-0.39, 0.29) is 49.2 Å². The van der Waals surface area contributed by atoms with Crippen molar-refractivity contribution in [2.75, 3.05) is 4.90 Å². The third kappa shape index (κ3) is 7.68. The monoisotopic (exact) mass is 597 g/mol. The average Bonchev–Trinajstić information content (AvgIpc) is 3.77. The fraction of sp³-hybridized carbons (Fsp3) is 0.500. The Morgan fingerprint density at radius 1 is 1.09 bits per heavy atom. The zero-order valence-corrected chi connectivity index (χ0v) is 23.4. The Morgan fingerprint density at radius 3 is 2.47 bits per heavy atom. The number of aliphatic carboxylic acids is 1. The normalized spacial score (nSPS) is 16.0. The van der Waals surface area contributed by atoms with E-state index in [2.05, 4.69) is 62.2 Å². The second-order valence-corrected chi connectivity index (χ2v) is 9.89.